The summed E-state index contributed by atoms with van der Waals surface area (Å²) in [5.74, 6) is 0.474. The van der Waals surface area contributed by atoms with E-state index in [0.29, 0.717) is 11.4 Å². The highest BCUT2D eigenvalue weighted by Crippen LogP contribution is 2.38. The van der Waals surface area contributed by atoms with Crippen LogP contribution < -0.4 is 0 Å². The molecule has 1 aromatic rings. The number of rotatable bonds is 4. The van der Waals surface area contributed by atoms with Crippen LogP contribution in [0.15, 0.2) is 23.8 Å². The molecule has 0 saturated carbocycles. The number of hydrogen-bond donors (Lipinski definition) is 1. The third kappa shape index (κ3) is 3.45. The lowest BCUT2D eigenvalue weighted by Crippen LogP contribution is -2.41. The summed E-state index contributed by atoms with van der Waals surface area (Å²) in [7, 11) is -0.421. The highest BCUT2D eigenvalue weighted by molar-refractivity contribution is 7.80. The number of aromatic nitrogens is 1. The van der Waals surface area contributed by atoms with E-state index in [-0.39, 0.29) is 17.0 Å². The number of ketones is 1. The fraction of sp³-hybridized carbons (Fsp3) is 0.500. The highest BCUT2D eigenvalue weighted by Gasteiger charge is 2.52. The van der Waals surface area contributed by atoms with Crippen LogP contribution in [0.4, 0.5) is 0 Å². The van der Waals surface area contributed by atoms with Crippen LogP contribution in [0.3, 0.4) is 0 Å². The van der Waals surface area contributed by atoms with E-state index in [4.69, 9.17) is 9.31 Å². The molecule has 0 aromatic carbocycles. The SMILES string of the molecule is CC(=O)c1ccc(C=C(CS)B2OC(C)(C)C(C)(C)O2)cn1. The Bertz CT molecular complexity index is 580. The largest absolute Gasteiger partial charge is 0.491 e. The van der Waals surface area contributed by atoms with Crippen molar-refractivity contribution in [3.63, 3.8) is 0 Å². The molecule has 22 heavy (non-hydrogen) atoms. The van der Waals surface area contributed by atoms with Crippen molar-refractivity contribution < 1.29 is 14.1 Å². The number of pyridine rings is 1. The molecule has 6 heteroatoms. The third-order valence-corrected chi connectivity index (χ3v) is 4.60. The lowest BCUT2D eigenvalue weighted by Gasteiger charge is -2.32. The van der Waals surface area contributed by atoms with Gasteiger partial charge in [0.15, 0.2) is 5.78 Å². The normalized spacial score (nSPS) is 20.3. The predicted molar refractivity (Wildman–Crippen MR) is 92.2 cm³/mol. The zero-order chi connectivity index (χ0) is 16.5. The molecule has 0 bridgehead atoms. The van der Waals surface area contributed by atoms with Gasteiger partial charge in [0.2, 0.25) is 0 Å². The Balaban J connectivity index is 2.23. The zero-order valence-corrected chi connectivity index (χ0v) is 14.6. The molecule has 2 heterocycles. The van der Waals surface area contributed by atoms with Gasteiger partial charge in [-0.25, -0.2) is 0 Å². The van der Waals surface area contributed by atoms with Crippen LogP contribution in [0.1, 0.15) is 50.7 Å². The predicted octanol–water partition coefficient (Wildman–Crippen LogP) is 3.23. The highest BCUT2D eigenvalue weighted by atomic mass is 32.1. The van der Waals surface area contributed by atoms with Crippen LogP contribution in [0, 0.1) is 0 Å². The molecule has 0 radical (unpaired) electrons. The fourth-order valence-electron chi connectivity index (χ4n) is 2.10. The number of Topliss-reactive ketones (excluding diaryl/α,β-unsaturated/α-hetero) is 1. The third-order valence-electron chi connectivity index (χ3n) is 4.24. The molecule has 0 amide bonds. The minimum atomic E-state index is -0.421. The Morgan fingerprint density at radius 3 is 2.27 bits per heavy atom. The van der Waals surface area contributed by atoms with Crippen molar-refractivity contribution >= 4 is 31.6 Å². The van der Waals surface area contributed by atoms with Gasteiger partial charge in [-0.1, -0.05) is 12.1 Å². The van der Waals surface area contributed by atoms with Crippen LogP contribution in [0.25, 0.3) is 6.08 Å². The first-order valence-corrected chi connectivity index (χ1v) is 7.93. The minimum Gasteiger partial charge on any atom is -0.400 e. The number of nitrogens with zero attached hydrogens (tertiary/aromatic N) is 1. The Kier molecular flexibility index (Phi) is 4.85. The summed E-state index contributed by atoms with van der Waals surface area (Å²) in [5, 5.41) is 0. The van der Waals surface area contributed by atoms with E-state index < -0.39 is 7.12 Å². The summed E-state index contributed by atoms with van der Waals surface area (Å²) in [6.07, 6.45) is 3.62. The first-order chi connectivity index (χ1) is 10.2. The molecule has 1 fully saturated rings. The second-order valence-corrected chi connectivity index (χ2v) is 6.81. The molecule has 1 aliphatic heterocycles. The fourth-order valence-corrected chi connectivity index (χ4v) is 2.34. The average molecular weight is 319 g/mol. The van der Waals surface area contributed by atoms with Crippen molar-refractivity contribution in [2.24, 2.45) is 0 Å². The van der Waals surface area contributed by atoms with Gasteiger partial charge < -0.3 is 9.31 Å². The molecule has 0 atom stereocenters. The van der Waals surface area contributed by atoms with Gasteiger partial charge in [-0.05, 0) is 44.8 Å². The van der Waals surface area contributed by atoms with Crippen LogP contribution in [0.5, 0.6) is 0 Å². The molecular formula is C16H22BNO3S. The topological polar surface area (TPSA) is 48.4 Å². The van der Waals surface area contributed by atoms with Crippen LogP contribution >= 0.6 is 12.6 Å². The van der Waals surface area contributed by atoms with E-state index in [2.05, 4.69) is 17.6 Å². The average Bonchev–Trinajstić information content (AvgIpc) is 2.65. The second-order valence-electron chi connectivity index (χ2n) is 6.50. The van der Waals surface area contributed by atoms with E-state index in [1.54, 1.807) is 12.3 Å². The minimum absolute atomic E-state index is 0.0455. The second kappa shape index (κ2) is 6.18. The Morgan fingerprint density at radius 1 is 1.27 bits per heavy atom. The Morgan fingerprint density at radius 2 is 1.86 bits per heavy atom. The molecule has 4 nitrogen and oxygen atoms in total. The number of hydrogen-bond acceptors (Lipinski definition) is 5. The van der Waals surface area contributed by atoms with Crippen molar-refractivity contribution in [1.82, 2.24) is 4.98 Å². The molecule has 1 aliphatic rings. The number of carbonyl (C=O) groups is 1. The van der Waals surface area contributed by atoms with E-state index in [0.717, 1.165) is 11.0 Å². The van der Waals surface area contributed by atoms with Crippen LogP contribution in [-0.2, 0) is 9.31 Å². The van der Waals surface area contributed by atoms with Gasteiger partial charge in [-0.3, -0.25) is 9.78 Å². The summed E-state index contributed by atoms with van der Waals surface area (Å²) in [6.45, 7) is 9.58. The van der Waals surface area contributed by atoms with E-state index in [1.807, 2.05) is 39.8 Å². The van der Waals surface area contributed by atoms with Crippen molar-refractivity contribution in [2.75, 3.05) is 5.75 Å². The molecule has 1 aromatic heterocycles. The molecular weight excluding hydrogens is 297 g/mol. The maximum atomic E-state index is 11.3. The van der Waals surface area contributed by atoms with Gasteiger partial charge in [-0.2, -0.15) is 12.6 Å². The maximum absolute atomic E-state index is 11.3. The zero-order valence-electron chi connectivity index (χ0n) is 13.7. The van der Waals surface area contributed by atoms with Crippen molar-refractivity contribution in [3.05, 3.63) is 35.1 Å². The van der Waals surface area contributed by atoms with E-state index >= 15 is 0 Å². The summed E-state index contributed by atoms with van der Waals surface area (Å²) < 4.78 is 12.1. The summed E-state index contributed by atoms with van der Waals surface area (Å²) in [5.41, 5.74) is 1.52. The Labute approximate surface area is 137 Å². The van der Waals surface area contributed by atoms with Gasteiger partial charge in [0.05, 0.1) is 11.2 Å². The smallest absolute Gasteiger partial charge is 0.400 e. The van der Waals surface area contributed by atoms with Crippen LogP contribution in [0.2, 0.25) is 0 Å². The van der Waals surface area contributed by atoms with Crippen molar-refractivity contribution in [3.8, 4) is 0 Å². The Hall–Kier alpha value is -1.11. The molecule has 0 unspecified atom stereocenters. The molecule has 0 N–H and O–H groups in total. The summed E-state index contributed by atoms with van der Waals surface area (Å²) >= 11 is 4.38. The van der Waals surface area contributed by atoms with E-state index in [1.165, 1.54) is 6.92 Å². The lowest BCUT2D eigenvalue weighted by atomic mass is 9.78. The monoisotopic (exact) mass is 319 g/mol. The maximum Gasteiger partial charge on any atom is 0.491 e. The molecule has 118 valence electrons. The van der Waals surface area contributed by atoms with Gasteiger partial charge in [0, 0.05) is 18.9 Å². The summed E-state index contributed by atoms with van der Waals surface area (Å²) in [4.78, 5) is 15.4. The lowest BCUT2D eigenvalue weighted by molar-refractivity contribution is 0.00578. The molecule has 0 aliphatic carbocycles. The van der Waals surface area contributed by atoms with Gasteiger partial charge in [0.1, 0.15) is 5.69 Å². The standard InChI is InChI=1S/C16H22BNO3S/c1-11(19)14-7-6-12(9-18-14)8-13(10-22)17-20-15(2,3)16(4,5)21-17/h6-9,22H,10H2,1-5H3. The van der Waals surface area contributed by atoms with Crippen LogP contribution in [-0.4, -0.2) is 34.8 Å². The van der Waals surface area contributed by atoms with E-state index in [9.17, 15) is 4.79 Å². The van der Waals surface area contributed by atoms with Gasteiger partial charge in [-0.15, -0.1) is 0 Å². The quantitative estimate of drug-likeness (QED) is 0.526. The van der Waals surface area contributed by atoms with Gasteiger partial charge in [0.25, 0.3) is 0 Å². The molecule has 2 rings (SSSR count). The number of carbonyl (C=O) groups excluding carboxylic acids is 1. The molecule has 1 saturated heterocycles. The van der Waals surface area contributed by atoms with Crippen molar-refractivity contribution in [1.29, 1.82) is 0 Å². The summed E-state index contributed by atoms with van der Waals surface area (Å²) in [6, 6.07) is 3.58. The first-order valence-electron chi connectivity index (χ1n) is 7.30. The molecule has 0 spiro atoms. The van der Waals surface area contributed by atoms with Crippen molar-refractivity contribution in [2.45, 2.75) is 45.8 Å². The van der Waals surface area contributed by atoms with Gasteiger partial charge >= 0.3 is 7.12 Å². The number of thiol groups is 1. The first kappa shape index (κ1) is 17.3.